The number of rotatable bonds is 8. The van der Waals surface area contributed by atoms with E-state index in [1.807, 2.05) is 19.1 Å². The summed E-state index contributed by atoms with van der Waals surface area (Å²) >= 11 is 6.25. The van der Waals surface area contributed by atoms with Crippen LogP contribution in [-0.4, -0.2) is 46.0 Å². The van der Waals surface area contributed by atoms with E-state index in [0.29, 0.717) is 36.3 Å². The van der Waals surface area contributed by atoms with Gasteiger partial charge in [0.2, 0.25) is 0 Å². The number of unbranched alkanes of at least 4 members (excludes halogenated alkanes) is 1. The van der Waals surface area contributed by atoms with Gasteiger partial charge in [-0.25, -0.2) is 0 Å². The van der Waals surface area contributed by atoms with Crippen LogP contribution in [0, 0.1) is 0 Å². The van der Waals surface area contributed by atoms with Gasteiger partial charge in [-0.05, 0) is 37.5 Å². The summed E-state index contributed by atoms with van der Waals surface area (Å²) in [4.78, 5) is 4.22. The van der Waals surface area contributed by atoms with Crippen LogP contribution in [0.2, 0.25) is 5.02 Å². The summed E-state index contributed by atoms with van der Waals surface area (Å²) < 4.78 is 16.4. The molecule has 7 heteroatoms. The molecule has 0 unspecified atom stereocenters. The lowest BCUT2D eigenvalue weighted by atomic mass is 10.2. The molecule has 1 aromatic carbocycles. The van der Waals surface area contributed by atoms with Crippen molar-refractivity contribution in [3.8, 4) is 11.5 Å². The van der Waals surface area contributed by atoms with Crippen molar-refractivity contribution in [2.24, 2.45) is 4.99 Å². The highest BCUT2D eigenvalue weighted by molar-refractivity contribution is 6.32. The Morgan fingerprint density at radius 1 is 1.25 bits per heavy atom. The molecule has 1 aliphatic heterocycles. The molecule has 134 valence electrons. The zero-order chi connectivity index (χ0) is 17.2. The van der Waals surface area contributed by atoms with Crippen molar-refractivity contribution in [1.29, 1.82) is 0 Å². The number of halogens is 1. The summed E-state index contributed by atoms with van der Waals surface area (Å²) in [5.74, 6) is 2.09. The number of nitrogens with zero attached hydrogens (tertiary/aromatic N) is 1. The largest absolute Gasteiger partial charge is 0.486 e. The molecule has 0 fully saturated rings. The molecule has 2 rings (SSSR count). The third-order valence-corrected chi connectivity index (χ3v) is 3.83. The number of hydrogen-bond donors (Lipinski definition) is 2. The Morgan fingerprint density at radius 3 is 2.88 bits per heavy atom. The topological polar surface area (TPSA) is 64.1 Å². The molecule has 0 radical (unpaired) electrons. The number of hydrogen-bond acceptors (Lipinski definition) is 4. The van der Waals surface area contributed by atoms with Crippen LogP contribution in [0.5, 0.6) is 11.5 Å². The van der Waals surface area contributed by atoms with E-state index in [1.165, 1.54) is 0 Å². The Balaban J connectivity index is 1.78. The molecular weight excluding hydrogens is 330 g/mol. The highest BCUT2D eigenvalue weighted by Crippen LogP contribution is 2.38. The van der Waals surface area contributed by atoms with Crippen LogP contribution in [0.3, 0.4) is 0 Å². The Hall–Kier alpha value is -1.66. The number of benzene rings is 1. The van der Waals surface area contributed by atoms with Gasteiger partial charge in [0.1, 0.15) is 13.2 Å². The van der Waals surface area contributed by atoms with E-state index in [1.54, 1.807) is 7.05 Å². The molecule has 0 aromatic heterocycles. The SMILES string of the molecule is CCOCCCCNC(=NC)NCc1cc(Cl)c2c(c1)OCCO2. The van der Waals surface area contributed by atoms with Crippen molar-refractivity contribution < 1.29 is 14.2 Å². The van der Waals surface area contributed by atoms with Gasteiger partial charge in [0.05, 0.1) is 5.02 Å². The molecule has 2 N–H and O–H groups in total. The van der Waals surface area contributed by atoms with E-state index in [2.05, 4.69) is 15.6 Å². The lowest BCUT2D eigenvalue weighted by Crippen LogP contribution is -2.37. The Bertz CT molecular complexity index is 552. The van der Waals surface area contributed by atoms with Crippen LogP contribution >= 0.6 is 11.6 Å². The van der Waals surface area contributed by atoms with Crippen molar-refractivity contribution >= 4 is 17.6 Å². The summed E-state index contributed by atoms with van der Waals surface area (Å²) in [7, 11) is 1.76. The monoisotopic (exact) mass is 355 g/mol. The van der Waals surface area contributed by atoms with Crippen LogP contribution < -0.4 is 20.1 Å². The first-order valence-electron chi connectivity index (χ1n) is 8.35. The Kier molecular flexibility index (Phi) is 7.98. The lowest BCUT2D eigenvalue weighted by molar-refractivity contribution is 0.143. The number of ether oxygens (including phenoxy) is 3. The maximum Gasteiger partial charge on any atom is 0.191 e. The molecule has 1 heterocycles. The van der Waals surface area contributed by atoms with Crippen molar-refractivity contribution in [3.05, 3.63) is 22.7 Å². The van der Waals surface area contributed by atoms with Gasteiger partial charge in [-0.3, -0.25) is 4.99 Å². The summed E-state index contributed by atoms with van der Waals surface area (Å²) in [6, 6.07) is 3.83. The van der Waals surface area contributed by atoms with Crippen molar-refractivity contribution in [3.63, 3.8) is 0 Å². The van der Waals surface area contributed by atoms with Gasteiger partial charge in [0.25, 0.3) is 0 Å². The molecule has 0 aliphatic carbocycles. The van der Waals surface area contributed by atoms with Crippen LogP contribution in [0.1, 0.15) is 25.3 Å². The standard InChI is InChI=1S/C17H26ClN3O3/c1-3-22-7-5-4-6-20-17(19-2)21-12-13-10-14(18)16-15(11-13)23-8-9-24-16/h10-11H,3-9,12H2,1-2H3,(H2,19,20,21). The number of fused-ring (bicyclic) bond motifs is 1. The van der Waals surface area contributed by atoms with E-state index in [4.69, 9.17) is 25.8 Å². The minimum absolute atomic E-state index is 0.532. The van der Waals surface area contributed by atoms with Crippen molar-refractivity contribution in [2.45, 2.75) is 26.3 Å². The van der Waals surface area contributed by atoms with Gasteiger partial charge in [-0.2, -0.15) is 0 Å². The predicted molar refractivity (Wildman–Crippen MR) is 96.4 cm³/mol. The number of aliphatic imine (C=N–C) groups is 1. The molecule has 0 saturated heterocycles. The third kappa shape index (κ3) is 5.76. The highest BCUT2D eigenvalue weighted by atomic mass is 35.5. The van der Waals surface area contributed by atoms with E-state index < -0.39 is 0 Å². The molecule has 1 aromatic rings. The number of guanidine groups is 1. The normalized spacial score (nSPS) is 13.7. The smallest absolute Gasteiger partial charge is 0.191 e. The van der Waals surface area contributed by atoms with Crippen molar-refractivity contribution in [1.82, 2.24) is 10.6 Å². The molecule has 1 aliphatic rings. The maximum atomic E-state index is 6.25. The van der Waals surface area contributed by atoms with Crippen LogP contribution in [0.4, 0.5) is 0 Å². The average molecular weight is 356 g/mol. The molecule has 0 spiro atoms. The minimum atomic E-state index is 0.532. The van der Waals surface area contributed by atoms with E-state index in [9.17, 15) is 0 Å². The third-order valence-electron chi connectivity index (χ3n) is 3.55. The van der Waals surface area contributed by atoms with Gasteiger partial charge in [0.15, 0.2) is 17.5 Å². The van der Waals surface area contributed by atoms with E-state index in [0.717, 1.165) is 44.1 Å². The Morgan fingerprint density at radius 2 is 2.08 bits per heavy atom. The molecule has 6 nitrogen and oxygen atoms in total. The minimum Gasteiger partial charge on any atom is -0.486 e. The van der Waals surface area contributed by atoms with Crippen LogP contribution in [0.25, 0.3) is 0 Å². The fraction of sp³-hybridized carbons (Fsp3) is 0.588. The fourth-order valence-electron chi connectivity index (χ4n) is 2.35. The molecule has 0 bridgehead atoms. The Labute approximate surface area is 148 Å². The predicted octanol–water partition coefficient (Wildman–Crippen LogP) is 2.59. The van der Waals surface area contributed by atoms with Crippen LogP contribution in [-0.2, 0) is 11.3 Å². The number of nitrogens with one attached hydrogen (secondary N) is 2. The molecule has 0 saturated carbocycles. The second-order valence-electron chi connectivity index (χ2n) is 5.36. The van der Waals surface area contributed by atoms with Gasteiger partial charge in [-0.15, -0.1) is 0 Å². The summed E-state index contributed by atoms with van der Waals surface area (Å²) in [5.41, 5.74) is 1.02. The van der Waals surface area contributed by atoms with Gasteiger partial charge in [0, 0.05) is 33.4 Å². The second-order valence-corrected chi connectivity index (χ2v) is 5.77. The molecule has 0 amide bonds. The molecule has 0 atom stereocenters. The van der Waals surface area contributed by atoms with Crippen LogP contribution in [0.15, 0.2) is 17.1 Å². The summed E-state index contributed by atoms with van der Waals surface area (Å²) in [6.45, 7) is 6.13. The first-order valence-corrected chi connectivity index (χ1v) is 8.72. The van der Waals surface area contributed by atoms with E-state index in [-0.39, 0.29) is 0 Å². The van der Waals surface area contributed by atoms with Gasteiger partial charge in [-0.1, -0.05) is 11.6 Å². The van der Waals surface area contributed by atoms with Crippen molar-refractivity contribution in [2.75, 3.05) is 40.0 Å². The highest BCUT2D eigenvalue weighted by Gasteiger charge is 2.16. The quantitative estimate of drug-likeness (QED) is 0.426. The second kappa shape index (κ2) is 10.3. The molecule has 24 heavy (non-hydrogen) atoms. The van der Waals surface area contributed by atoms with Gasteiger partial charge >= 0.3 is 0 Å². The zero-order valence-corrected chi connectivity index (χ0v) is 15.1. The molecular formula is C17H26ClN3O3. The summed E-state index contributed by atoms with van der Waals surface area (Å²) in [5, 5.41) is 7.13. The lowest BCUT2D eigenvalue weighted by Gasteiger charge is -2.20. The first kappa shape index (κ1) is 18.7. The average Bonchev–Trinajstić information content (AvgIpc) is 2.60. The zero-order valence-electron chi connectivity index (χ0n) is 14.4. The first-order chi connectivity index (χ1) is 11.7. The van der Waals surface area contributed by atoms with Gasteiger partial charge < -0.3 is 24.8 Å². The summed E-state index contributed by atoms with van der Waals surface area (Å²) in [6.07, 6.45) is 2.08. The maximum absolute atomic E-state index is 6.25. The van der Waals surface area contributed by atoms with E-state index >= 15 is 0 Å². The fourth-order valence-corrected chi connectivity index (χ4v) is 2.64.